The van der Waals surface area contributed by atoms with E-state index in [4.69, 9.17) is 9.15 Å². The number of furan rings is 1. The summed E-state index contributed by atoms with van der Waals surface area (Å²) in [5.41, 5.74) is 6.77. The Morgan fingerprint density at radius 2 is 1.05 bits per heavy atom. The van der Waals surface area contributed by atoms with Gasteiger partial charge in [-0.25, -0.2) is 0 Å². The summed E-state index contributed by atoms with van der Waals surface area (Å²) >= 11 is 0. The van der Waals surface area contributed by atoms with Gasteiger partial charge in [-0.05, 0) is 69.2 Å². The molecule has 0 spiro atoms. The molecule has 178 valence electrons. The molecule has 1 aliphatic rings. The van der Waals surface area contributed by atoms with E-state index in [1.54, 1.807) is 0 Å². The van der Waals surface area contributed by atoms with Crippen molar-refractivity contribution in [3.63, 3.8) is 0 Å². The molecule has 0 amide bonds. The van der Waals surface area contributed by atoms with Crippen LogP contribution < -0.4 is 4.74 Å². The molecule has 2 heterocycles. The highest BCUT2D eigenvalue weighted by Gasteiger charge is 2.21. The second kappa shape index (κ2) is 8.22. The van der Waals surface area contributed by atoms with Crippen molar-refractivity contribution in [1.82, 2.24) is 0 Å². The van der Waals surface area contributed by atoms with Crippen LogP contribution in [-0.4, -0.2) is 0 Å². The molecule has 0 atom stereocenters. The Morgan fingerprint density at radius 1 is 0.395 bits per heavy atom. The predicted octanol–water partition coefficient (Wildman–Crippen LogP) is 10.4. The summed E-state index contributed by atoms with van der Waals surface area (Å²) in [5.74, 6) is 3.48. The van der Waals surface area contributed by atoms with Gasteiger partial charge in [-0.15, -0.1) is 0 Å². The second-order valence-electron chi connectivity index (χ2n) is 9.71. The fraction of sp³-hybridized carbons (Fsp3) is 0. The van der Waals surface area contributed by atoms with Crippen LogP contribution in [0, 0.1) is 0 Å². The van der Waals surface area contributed by atoms with E-state index < -0.39 is 0 Å². The lowest BCUT2D eigenvalue weighted by molar-refractivity contribution is 0.487. The smallest absolute Gasteiger partial charge is 0.135 e. The molecule has 1 aliphatic heterocycles. The number of fused-ring (bicyclic) bond motifs is 3. The molecule has 7 aromatic rings. The van der Waals surface area contributed by atoms with Crippen LogP contribution in [-0.2, 0) is 0 Å². The van der Waals surface area contributed by atoms with Crippen LogP contribution in [0.4, 0.5) is 0 Å². The van der Waals surface area contributed by atoms with Crippen LogP contribution >= 0.6 is 0 Å². The molecule has 2 nitrogen and oxygen atoms in total. The average Bonchev–Trinajstić information content (AvgIpc) is 3.47. The minimum Gasteiger partial charge on any atom is -0.456 e. The van der Waals surface area contributed by atoms with E-state index in [9.17, 15) is 0 Å². The Balaban J connectivity index is 1.28. The molecule has 0 saturated heterocycles. The number of hydrogen-bond donors (Lipinski definition) is 0. The van der Waals surface area contributed by atoms with Gasteiger partial charge in [-0.2, -0.15) is 0 Å². The van der Waals surface area contributed by atoms with Crippen molar-refractivity contribution in [3.05, 3.63) is 133 Å². The van der Waals surface area contributed by atoms with Gasteiger partial charge in [0.1, 0.15) is 23.0 Å². The molecule has 0 radical (unpaired) electrons. The molecular weight excluding hydrogens is 464 g/mol. The fourth-order valence-corrected chi connectivity index (χ4v) is 5.76. The van der Waals surface area contributed by atoms with Crippen molar-refractivity contribution in [2.45, 2.75) is 0 Å². The van der Waals surface area contributed by atoms with Crippen molar-refractivity contribution in [2.75, 3.05) is 0 Å². The molecule has 0 saturated carbocycles. The van der Waals surface area contributed by atoms with Crippen molar-refractivity contribution in [1.29, 1.82) is 0 Å². The van der Waals surface area contributed by atoms with E-state index in [-0.39, 0.29) is 0 Å². The first kappa shape index (κ1) is 21.0. The summed E-state index contributed by atoms with van der Waals surface area (Å²) in [7, 11) is 0. The Kier molecular flexibility index (Phi) is 4.55. The van der Waals surface area contributed by atoms with Crippen LogP contribution in [0.25, 0.3) is 66.4 Å². The lowest BCUT2D eigenvalue weighted by Gasteiger charge is -2.21. The molecule has 0 bridgehead atoms. The maximum atomic E-state index is 6.58. The minimum absolute atomic E-state index is 0.847. The van der Waals surface area contributed by atoms with Crippen molar-refractivity contribution in [3.8, 4) is 56.4 Å². The summed E-state index contributed by atoms with van der Waals surface area (Å²) in [5, 5.41) is 4.75. The highest BCUT2D eigenvalue weighted by Crippen LogP contribution is 2.48. The summed E-state index contributed by atoms with van der Waals surface area (Å²) in [6.07, 6.45) is 0. The average molecular weight is 487 g/mol. The molecule has 0 aliphatic carbocycles. The highest BCUT2D eigenvalue weighted by atomic mass is 16.5. The number of rotatable bonds is 3. The van der Waals surface area contributed by atoms with Crippen molar-refractivity contribution >= 4 is 21.5 Å². The van der Waals surface area contributed by atoms with E-state index in [1.165, 1.54) is 21.9 Å². The van der Waals surface area contributed by atoms with Crippen LogP contribution in [0.2, 0.25) is 0 Å². The summed E-state index contributed by atoms with van der Waals surface area (Å²) in [4.78, 5) is 0. The Morgan fingerprint density at radius 3 is 2.00 bits per heavy atom. The number of ether oxygens (including phenoxy) is 1. The quantitative estimate of drug-likeness (QED) is 0.248. The molecule has 6 aromatic carbocycles. The van der Waals surface area contributed by atoms with Gasteiger partial charge >= 0.3 is 0 Å². The van der Waals surface area contributed by atoms with E-state index in [0.717, 1.165) is 56.0 Å². The zero-order valence-corrected chi connectivity index (χ0v) is 20.5. The van der Waals surface area contributed by atoms with Gasteiger partial charge in [0.2, 0.25) is 0 Å². The highest BCUT2D eigenvalue weighted by molar-refractivity contribution is 6.06. The van der Waals surface area contributed by atoms with Crippen LogP contribution in [0.5, 0.6) is 11.5 Å². The van der Waals surface area contributed by atoms with Gasteiger partial charge < -0.3 is 9.15 Å². The van der Waals surface area contributed by atoms with Crippen molar-refractivity contribution in [2.24, 2.45) is 0 Å². The third kappa shape index (κ3) is 3.21. The third-order valence-electron chi connectivity index (χ3n) is 7.50. The lowest BCUT2D eigenvalue weighted by Crippen LogP contribution is -1.97. The molecule has 0 unspecified atom stereocenters. The van der Waals surface area contributed by atoms with Crippen LogP contribution in [0.15, 0.2) is 138 Å². The fourth-order valence-electron chi connectivity index (χ4n) is 5.76. The largest absolute Gasteiger partial charge is 0.456 e. The molecule has 38 heavy (non-hydrogen) atoms. The summed E-state index contributed by atoms with van der Waals surface area (Å²) < 4.78 is 12.8. The monoisotopic (exact) mass is 486 g/mol. The van der Waals surface area contributed by atoms with Gasteiger partial charge in [-0.3, -0.25) is 0 Å². The van der Waals surface area contributed by atoms with E-state index >= 15 is 0 Å². The number of hydrogen-bond acceptors (Lipinski definition) is 2. The Hall–Kier alpha value is -5.08. The molecular formula is C36H22O2. The topological polar surface area (TPSA) is 22.4 Å². The summed E-state index contributed by atoms with van der Waals surface area (Å²) in [6.45, 7) is 0. The normalized spacial score (nSPS) is 11.9. The SMILES string of the molecule is c1ccc2c(c1)Oc1cccc3cc(-c4ccc(-c5ccccc5-c5cccc6ccccc56)o4)cc-2c13. The van der Waals surface area contributed by atoms with Gasteiger partial charge in [0.25, 0.3) is 0 Å². The zero-order chi connectivity index (χ0) is 25.1. The first-order valence-corrected chi connectivity index (χ1v) is 12.9. The van der Waals surface area contributed by atoms with E-state index in [1.807, 2.05) is 24.3 Å². The lowest BCUT2D eigenvalue weighted by atomic mass is 9.92. The van der Waals surface area contributed by atoms with Gasteiger partial charge in [0.15, 0.2) is 0 Å². The molecule has 1 aromatic heterocycles. The molecule has 0 fully saturated rings. The first-order chi connectivity index (χ1) is 18.8. The van der Waals surface area contributed by atoms with Gasteiger partial charge in [0.05, 0.1) is 0 Å². The first-order valence-electron chi connectivity index (χ1n) is 12.9. The standard InChI is InChI=1S/C36H22O2/c1-2-12-26-23(9-1)10-7-16-27(26)28-13-3-4-14-29(28)34-20-19-32(37-34)25-21-24-11-8-18-35-36(24)31(22-25)30-15-5-6-17-33(30)38-35/h1-22H. The molecule has 2 heteroatoms. The third-order valence-corrected chi connectivity index (χ3v) is 7.50. The number of benzene rings is 6. The van der Waals surface area contributed by atoms with Crippen molar-refractivity contribution < 1.29 is 9.15 Å². The Bertz CT molecular complexity index is 2010. The Labute approximate surface area is 220 Å². The molecule has 8 rings (SSSR count). The zero-order valence-electron chi connectivity index (χ0n) is 20.5. The molecule has 0 N–H and O–H groups in total. The maximum Gasteiger partial charge on any atom is 0.135 e. The van der Waals surface area contributed by atoms with E-state index in [0.29, 0.717) is 0 Å². The number of para-hydroxylation sites is 1. The second-order valence-corrected chi connectivity index (χ2v) is 9.71. The van der Waals surface area contributed by atoms with Gasteiger partial charge in [-0.1, -0.05) is 97.1 Å². The van der Waals surface area contributed by atoms with Crippen LogP contribution in [0.3, 0.4) is 0 Å². The van der Waals surface area contributed by atoms with E-state index in [2.05, 4.69) is 109 Å². The van der Waals surface area contributed by atoms with Crippen LogP contribution in [0.1, 0.15) is 0 Å². The minimum atomic E-state index is 0.847. The summed E-state index contributed by atoms with van der Waals surface area (Å²) in [6, 6.07) is 46.5. The van der Waals surface area contributed by atoms with Gasteiger partial charge in [0, 0.05) is 22.1 Å². The predicted molar refractivity (Wildman–Crippen MR) is 156 cm³/mol. The maximum absolute atomic E-state index is 6.58.